The van der Waals surface area contributed by atoms with E-state index >= 15 is 0 Å². The van der Waals surface area contributed by atoms with Gasteiger partial charge in [0.25, 0.3) is 0 Å². The number of fused-ring (bicyclic) bond motifs is 1. The number of hydrogen-bond acceptors (Lipinski definition) is 7. The molecule has 0 bridgehead atoms. The number of hydrogen-bond donors (Lipinski definition) is 2. The number of carbonyl (C=O) groups excluding carboxylic acids is 1. The molecule has 0 amide bonds. The van der Waals surface area contributed by atoms with Gasteiger partial charge < -0.3 is 15.8 Å². The van der Waals surface area contributed by atoms with E-state index < -0.39 is 5.97 Å². The van der Waals surface area contributed by atoms with Crippen LogP contribution in [-0.2, 0) is 4.74 Å². The number of anilines is 3. The third-order valence-electron chi connectivity index (χ3n) is 2.83. The van der Waals surface area contributed by atoms with Crippen LogP contribution < -0.4 is 11.1 Å². The Morgan fingerprint density at radius 2 is 2.05 bits per heavy atom. The molecule has 0 atom stereocenters. The van der Waals surface area contributed by atoms with Crippen molar-refractivity contribution in [3.8, 4) is 0 Å². The predicted molar refractivity (Wildman–Crippen MR) is 82.9 cm³/mol. The molecule has 0 aliphatic heterocycles. The molecule has 0 saturated heterocycles. The number of rotatable bonds is 3. The quantitative estimate of drug-likeness (QED) is 0.723. The van der Waals surface area contributed by atoms with Crippen LogP contribution in [0.4, 0.5) is 17.5 Å². The van der Waals surface area contributed by atoms with Crippen LogP contribution in [0.25, 0.3) is 10.2 Å². The van der Waals surface area contributed by atoms with Crippen molar-refractivity contribution in [2.75, 3.05) is 18.2 Å². The standard InChI is InChI=1S/C14H12N4O2S/c1-20-13(19)10-7-9-11(16-8-5-3-2-4-6-8)17-14(15)18-12(9)21-10/h2-7H,1H3,(H3,15,16,17,18). The van der Waals surface area contributed by atoms with E-state index in [2.05, 4.69) is 15.3 Å². The highest BCUT2D eigenvalue weighted by Crippen LogP contribution is 2.31. The number of aromatic nitrogens is 2. The summed E-state index contributed by atoms with van der Waals surface area (Å²) >= 11 is 1.22. The summed E-state index contributed by atoms with van der Waals surface area (Å²) in [4.78, 5) is 21.1. The minimum Gasteiger partial charge on any atom is -0.465 e. The molecule has 0 fully saturated rings. The van der Waals surface area contributed by atoms with Gasteiger partial charge in [0.1, 0.15) is 15.5 Å². The van der Waals surface area contributed by atoms with Gasteiger partial charge in [-0.2, -0.15) is 4.98 Å². The number of nitrogens with one attached hydrogen (secondary N) is 1. The maximum absolute atomic E-state index is 11.6. The molecule has 1 aromatic carbocycles. The summed E-state index contributed by atoms with van der Waals surface area (Å²) in [5.41, 5.74) is 6.60. The fourth-order valence-electron chi connectivity index (χ4n) is 1.89. The number of ether oxygens (including phenoxy) is 1. The second-order valence-corrected chi connectivity index (χ2v) is 5.27. The molecule has 0 spiro atoms. The molecule has 106 valence electrons. The molecular weight excluding hydrogens is 288 g/mol. The molecule has 21 heavy (non-hydrogen) atoms. The summed E-state index contributed by atoms with van der Waals surface area (Å²) in [6, 6.07) is 11.3. The van der Waals surface area contributed by atoms with Gasteiger partial charge in [-0.1, -0.05) is 18.2 Å². The zero-order valence-electron chi connectivity index (χ0n) is 11.2. The van der Waals surface area contributed by atoms with E-state index in [1.165, 1.54) is 18.4 Å². The van der Waals surface area contributed by atoms with Crippen molar-refractivity contribution >= 4 is 45.0 Å². The number of benzene rings is 1. The van der Waals surface area contributed by atoms with Gasteiger partial charge in [0.15, 0.2) is 0 Å². The molecule has 0 radical (unpaired) electrons. The summed E-state index contributed by atoms with van der Waals surface area (Å²) < 4.78 is 4.73. The first-order valence-electron chi connectivity index (χ1n) is 6.15. The highest BCUT2D eigenvalue weighted by atomic mass is 32.1. The lowest BCUT2D eigenvalue weighted by atomic mass is 10.3. The topological polar surface area (TPSA) is 90.1 Å². The van der Waals surface area contributed by atoms with E-state index in [4.69, 9.17) is 10.5 Å². The Hall–Kier alpha value is -2.67. The van der Waals surface area contributed by atoms with Crippen molar-refractivity contribution in [1.29, 1.82) is 0 Å². The Morgan fingerprint density at radius 3 is 2.76 bits per heavy atom. The molecule has 7 heteroatoms. The van der Waals surface area contributed by atoms with E-state index in [9.17, 15) is 4.79 Å². The number of carbonyl (C=O) groups is 1. The first kappa shape index (κ1) is 13.3. The van der Waals surface area contributed by atoms with Gasteiger partial charge in [0.2, 0.25) is 5.95 Å². The maximum Gasteiger partial charge on any atom is 0.348 e. The van der Waals surface area contributed by atoms with Crippen molar-refractivity contribution in [1.82, 2.24) is 9.97 Å². The van der Waals surface area contributed by atoms with Gasteiger partial charge in [-0.25, -0.2) is 9.78 Å². The molecular formula is C14H12N4O2S. The number of methoxy groups -OCH3 is 1. The molecule has 0 aliphatic rings. The maximum atomic E-state index is 11.6. The highest BCUT2D eigenvalue weighted by molar-refractivity contribution is 7.20. The molecule has 0 unspecified atom stereocenters. The molecule has 2 heterocycles. The largest absolute Gasteiger partial charge is 0.465 e. The SMILES string of the molecule is COC(=O)c1cc2c(Nc3ccccc3)nc(N)nc2s1. The fourth-order valence-corrected chi connectivity index (χ4v) is 2.85. The van der Waals surface area contributed by atoms with Crippen molar-refractivity contribution in [3.63, 3.8) is 0 Å². The van der Waals surface area contributed by atoms with Crippen molar-refractivity contribution < 1.29 is 9.53 Å². The van der Waals surface area contributed by atoms with Crippen LogP contribution in [0.3, 0.4) is 0 Å². The van der Waals surface area contributed by atoms with E-state index in [0.29, 0.717) is 15.5 Å². The normalized spacial score (nSPS) is 10.5. The second kappa shape index (κ2) is 5.37. The van der Waals surface area contributed by atoms with Crippen molar-refractivity contribution in [2.24, 2.45) is 0 Å². The molecule has 3 N–H and O–H groups in total. The first-order chi connectivity index (χ1) is 10.2. The lowest BCUT2D eigenvalue weighted by Gasteiger charge is -2.06. The van der Waals surface area contributed by atoms with Gasteiger partial charge in [-0.3, -0.25) is 0 Å². The minimum atomic E-state index is -0.401. The monoisotopic (exact) mass is 300 g/mol. The minimum absolute atomic E-state index is 0.152. The van der Waals surface area contributed by atoms with Crippen LogP contribution in [0.1, 0.15) is 9.67 Å². The zero-order valence-corrected chi connectivity index (χ0v) is 12.0. The highest BCUT2D eigenvalue weighted by Gasteiger charge is 2.15. The predicted octanol–water partition coefficient (Wildman–Crippen LogP) is 2.80. The van der Waals surface area contributed by atoms with E-state index in [1.807, 2.05) is 30.3 Å². The zero-order chi connectivity index (χ0) is 14.8. The average Bonchev–Trinajstić information content (AvgIpc) is 2.91. The Bertz CT molecular complexity index is 801. The Morgan fingerprint density at radius 1 is 1.29 bits per heavy atom. The molecule has 2 aromatic heterocycles. The van der Waals surface area contributed by atoms with E-state index in [-0.39, 0.29) is 5.95 Å². The Labute approximate surface area is 124 Å². The van der Waals surface area contributed by atoms with Crippen LogP contribution in [0.2, 0.25) is 0 Å². The van der Waals surface area contributed by atoms with Crippen LogP contribution >= 0.6 is 11.3 Å². The molecule has 6 nitrogen and oxygen atoms in total. The number of nitrogen functional groups attached to an aromatic ring is 1. The van der Waals surface area contributed by atoms with Gasteiger partial charge in [0, 0.05) is 5.69 Å². The lowest BCUT2D eigenvalue weighted by molar-refractivity contribution is 0.0606. The summed E-state index contributed by atoms with van der Waals surface area (Å²) in [5.74, 6) is 0.316. The average molecular weight is 300 g/mol. The first-order valence-corrected chi connectivity index (χ1v) is 6.96. The van der Waals surface area contributed by atoms with E-state index in [0.717, 1.165) is 11.1 Å². The van der Waals surface area contributed by atoms with Gasteiger partial charge >= 0.3 is 5.97 Å². The fraction of sp³-hybridized carbons (Fsp3) is 0.0714. The third-order valence-corrected chi connectivity index (χ3v) is 3.84. The van der Waals surface area contributed by atoms with E-state index in [1.54, 1.807) is 6.07 Å². The van der Waals surface area contributed by atoms with Crippen LogP contribution in [0.5, 0.6) is 0 Å². The van der Waals surface area contributed by atoms with Gasteiger partial charge in [-0.15, -0.1) is 11.3 Å². The number of thiophene rings is 1. The van der Waals surface area contributed by atoms with Crippen molar-refractivity contribution in [3.05, 3.63) is 41.3 Å². The smallest absolute Gasteiger partial charge is 0.348 e. The summed E-state index contributed by atoms with van der Waals surface area (Å²) in [5, 5.41) is 3.92. The number of esters is 1. The molecule has 3 aromatic rings. The summed E-state index contributed by atoms with van der Waals surface area (Å²) in [6.07, 6.45) is 0. The molecule has 0 aliphatic carbocycles. The molecule has 0 saturated carbocycles. The van der Waals surface area contributed by atoms with Crippen molar-refractivity contribution in [2.45, 2.75) is 0 Å². The summed E-state index contributed by atoms with van der Waals surface area (Å²) in [6.45, 7) is 0. The molecule has 3 rings (SSSR count). The Kier molecular flexibility index (Phi) is 3.41. The third kappa shape index (κ3) is 2.63. The van der Waals surface area contributed by atoms with Gasteiger partial charge in [-0.05, 0) is 18.2 Å². The summed E-state index contributed by atoms with van der Waals surface area (Å²) in [7, 11) is 1.34. The number of nitrogens with two attached hydrogens (primary N) is 1. The van der Waals surface area contributed by atoms with Crippen LogP contribution in [0, 0.1) is 0 Å². The van der Waals surface area contributed by atoms with Crippen LogP contribution in [0.15, 0.2) is 36.4 Å². The number of nitrogens with zero attached hydrogens (tertiary/aromatic N) is 2. The van der Waals surface area contributed by atoms with Gasteiger partial charge in [0.05, 0.1) is 12.5 Å². The van der Waals surface area contributed by atoms with Crippen LogP contribution in [-0.4, -0.2) is 23.0 Å². The lowest BCUT2D eigenvalue weighted by Crippen LogP contribution is -2.00. The second-order valence-electron chi connectivity index (χ2n) is 4.24. The number of para-hydroxylation sites is 1. The Balaban J connectivity index is 2.08.